The number of imidazole rings is 1. The molecule has 0 saturated heterocycles. The van der Waals surface area contributed by atoms with Crippen molar-refractivity contribution in [3.05, 3.63) is 18.7 Å². The Morgan fingerprint density at radius 1 is 1.78 bits per heavy atom. The Kier molecular flexibility index (Phi) is 1.48. The van der Waals surface area contributed by atoms with Gasteiger partial charge in [-0.15, -0.1) is 5.43 Å². The third kappa shape index (κ3) is 1.56. The molecule has 0 aliphatic carbocycles. The molecule has 0 fully saturated rings. The molecular formula is C5H6N3O. The summed E-state index contributed by atoms with van der Waals surface area (Å²) in [5.41, 5.74) is 3.53. The van der Waals surface area contributed by atoms with Gasteiger partial charge in [0, 0.05) is 19.3 Å². The summed E-state index contributed by atoms with van der Waals surface area (Å²) in [6, 6.07) is 0. The smallest absolute Gasteiger partial charge is 0.260 e. The second-order valence-corrected chi connectivity index (χ2v) is 1.56. The van der Waals surface area contributed by atoms with Crippen LogP contribution in [0.5, 0.6) is 0 Å². The van der Waals surface area contributed by atoms with Crippen LogP contribution in [-0.4, -0.2) is 15.6 Å². The molecule has 0 aliphatic heterocycles. The Labute approximate surface area is 52.5 Å². The largest absolute Gasteiger partial charge is 0.271 e. The average molecular weight is 124 g/mol. The van der Waals surface area contributed by atoms with Crippen molar-refractivity contribution in [2.45, 2.75) is 6.92 Å². The number of hydrogen-bond acceptors (Lipinski definition) is 2. The molecule has 1 aromatic heterocycles. The van der Waals surface area contributed by atoms with Crippen LogP contribution in [0.4, 0.5) is 0 Å². The Hall–Kier alpha value is -1.32. The van der Waals surface area contributed by atoms with E-state index in [9.17, 15) is 4.79 Å². The Balaban J connectivity index is 2.58. The summed E-state index contributed by atoms with van der Waals surface area (Å²) >= 11 is 0. The van der Waals surface area contributed by atoms with Gasteiger partial charge in [-0.2, -0.15) is 0 Å². The zero-order valence-corrected chi connectivity index (χ0v) is 4.98. The fourth-order valence-corrected chi connectivity index (χ4v) is 0.474. The van der Waals surface area contributed by atoms with Crippen molar-refractivity contribution in [3.63, 3.8) is 0 Å². The minimum Gasteiger partial charge on any atom is -0.271 e. The summed E-state index contributed by atoms with van der Waals surface area (Å²) in [7, 11) is 0. The standard InChI is InChI=1S/C5H6N3O/c1-5(9)7-8-3-2-6-4-8/h2-4H,1H3. The van der Waals surface area contributed by atoms with Gasteiger partial charge in [0.1, 0.15) is 6.33 Å². The lowest BCUT2D eigenvalue weighted by Crippen LogP contribution is -2.16. The maximum Gasteiger partial charge on any atom is 0.260 e. The van der Waals surface area contributed by atoms with Crippen LogP contribution in [0.1, 0.15) is 6.92 Å². The van der Waals surface area contributed by atoms with Gasteiger partial charge in [-0.05, 0) is 0 Å². The molecule has 9 heavy (non-hydrogen) atoms. The second-order valence-electron chi connectivity index (χ2n) is 1.56. The first-order valence-electron chi connectivity index (χ1n) is 2.49. The molecule has 4 heteroatoms. The molecule has 0 saturated carbocycles. The van der Waals surface area contributed by atoms with Crippen molar-refractivity contribution >= 4 is 5.91 Å². The first kappa shape index (κ1) is 5.81. The molecule has 1 radical (unpaired) electrons. The molecule has 1 heterocycles. The molecule has 0 aromatic carbocycles. The van der Waals surface area contributed by atoms with E-state index in [2.05, 4.69) is 10.4 Å². The lowest BCUT2D eigenvalue weighted by atomic mass is 10.8. The summed E-state index contributed by atoms with van der Waals surface area (Å²) < 4.78 is 1.36. The van der Waals surface area contributed by atoms with E-state index in [4.69, 9.17) is 0 Å². The molecule has 0 atom stereocenters. The summed E-state index contributed by atoms with van der Waals surface area (Å²) in [6.45, 7) is 1.39. The van der Waals surface area contributed by atoms with Gasteiger partial charge >= 0.3 is 0 Å². The van der Waals surface area contributed by atoms with Gasteiger partial charge in [0.25, 0.3) is 5.91 Å². The molecule has 0 aliphatic rings. The Morgan fingerprint density at radius 3 is 3.00 bits per heavy atom. The molecule has 47 valence electrons. The highest BCUT2D eigenvalue weighted by Gasteiger charge is 1.92. The maximum absolute atomic E-state index is 10.3. The van der Waals surface area contributed by atoms with Gasteiger partial charge in [0.05, 0.1) is 0 Å². The zero-order valence-electron chi connectivity index (χ0n) is 4.98. The molecule has 1 rings (SSSR count). The minimum absolute atomic E-state index is 0.229. The summed E-state index contributed by atoms with van der Waals surface area (Å²) in [6.07, 6.45) is 4.62. The van der Waals surface area contributed by atoms with Crippen molar-refractivity contribution in [2.24, 2.45) is 0 Å². The van der Waals surface area contributed by atoms with Crippen LogP contribution in [0.3, 0.4) is 0 Å². The number of nitrogens with zero attached hydrogens (tertiary/aromatic N) is 3. The van der Waals surface area contributed by atoms with Crippen LogP contribution in [0.25, 0.3) is 0 Å². The van der Waals surface area contributed by atoms with E-state index in [0.29, 0.717) is 0 Å². The SMILES string of the molecule is CC(=O)[N]n1ccnc1. The lowest BCUT2D eigenvalue weighted by molar-refractivity contribution is -0.120. The molecule has 1 aromatic rings. The van der Waals surface area contributed by atoms with Gasteiger partial charge in [-0.25, -0.2) is 9.66 Å². The van der Waals surface area contributed by atoms with Gasteiger partial charge in [0.15, 0.2) is 0 Å². The third-order valence-corrected chi connectivity index (χ3v) is 0.747. The van der Waals surface area contributed by atoms with Crippen LogP contribution in [0.15, 0.2) is 18.7 Å². The Morgan fingerprint density at radius 2 is 2.56 bits per heavy atom. The highest BCUT2D eigenvalue weighted by atomic mass is 16.2. The molecule has 1 amide bonds. The highest BCUT2D eigenvalue weighted by Crippen LogP contribution is 1.78. The van der Waals surface area contributed by atoms with E-state index < -0.39 is 0 Å². The number of hydrogen-bond donors (Lipinski definition) is 0. The summed E-state index contributed by atoms with van der Waals surface area (Å²) in [4.78, 5) is 14.0. The Bertz CT molecular complexity index is 192. The zero-order chi connectivity index (χ0) is 6.69. The fraction of sp³-hybridized carbons (Fsp3) is 0.200. The normalized spacial score (nSPS) is 9.00. The number of rotatable bonds is 1. The summed E-state index contributed by atoms with van der Waals surface area (Å²) in [5.74, 6) is -0.229. The quantitative estimate of drug-likeness (QED) is 0.520. The molecule has 0 unspecified atom stereocenters. The van der Waals surface area contributed by atoms with E-state index in [1.807, 2.05) is 0 Å². The van der Waals surface area contributed by atoms with Gasteiger partial charge < -0.3 is 0 Å². The van der Waals surface area contributed by atoms with Crippen molar-refractivity contribution < 1.29 is 4.79 Å². The first-order chi connectivity index (χ1) is 4.29. The topological polar surface area (TPSA) is 49.0 Å². The average Bonchev–Trinajstić information content (AvgIpc) is 2.15. The van der Waals surface area contributed by atoms with Crippen molar-refractivity contribution in [1.82, 2.24) is 15.1 Å². The van der Waals surface area contributed by atoms with E-state index in [1.54, 1.807) is 12.4 Å². The molecule has 0 N–H and O–H groups in total. The minimum atomic E-state index is -0.229. The van der Waals surface area contributed by atoms with Crippen molar-refractivity contribution in [2.75, 3.05) is 0 Å². The van der Waals surface area contributed by atoms with E-state index in [0.717, 1.165) is 0 Å². The molecular weight excluding hydrogens is 118 g/mol. The first-order valence-corrected chi connectivity index (χ1v) is 2.49. The van der Waals surface area contributed by atoms with E-state index in [1.165, 1.54) is 17.9 Å². The molecule has 0 bridgehead atoms. The van der Waals surface area contributed by atoms with Crippen molar-refractivity contribution in [1.29, 1.82) is 0 Å². The lowest BCUT2D eigenvalue weighted by Gasteiger charge is -1.92. The third-order valence-electron chi connectivity index (χ3n) is 0.747. The summed E-state index contributed by atoms with van der Waals surface area (Å²) in [5, 5.41) is 0. The molecule has 0 spiro atoms. The predicted octanol–water partition coefficient (Wildman–Crippen LogP) is -0.203. The number of carbonyl (C=O) groups is 1. The number of carbonyl (C=O) groups excluding carboxylic acids is 1. The van der Waals surface area contributed by atoms with Crippen molar-refractivity contribution in [3.8, 4) is 0 Å². The highest BCUT2D eigenvalue weighted by molar-refractivity contribution is 5.72. The van der Waals surface area contributed by atoms with Crippen LogP contribution >= 0.6 is 0 Å². The number of aromatic nitrogens is 2. The van der Waals surface area contributed by atoms with Gasteiger partial charge in [-0.1, -0.05) is 0 Å². The predicted molar refractivity (Wildman–Crippen MR) is 30.4 cm³/mol. The van der Waals surface area contributed by atoms with E-state index in [-0.39, 0.29) is 5.91 Å². The van der Waals surface area contributed by atoms with Crippen LogP contribution in [0, 0.1) is 0 Å². The molecule has 4 nitrogen and oxygen atoms in total. The second kappa shape index (κ2) is 2.30. The maximum atomic E-state index is 10.3. The van der Waals surface area contributed by atoms with Crippen LogP contribution in [-0.2, 0) is 4.79 Å². The van der Waals surface area contributed by atoms with Gasteiger partial charge in [-0.3, -0.25) is 4.79 Å². The van der Waals surface area contributed by atoms with Crippen LogP contribution < -0.4 is 5.43 Å². The fourth-order valence-electron chi connectivity index (χ4n) is 0.474. The van der Waals surface area contributed by atoms with Gasteiger partial charge in [0.2, 0.25) is 0 Å². The monoisotopic (exact) mass is 124 g/mol. The van der Waals surface area contributed by atoms with Crippen LogP contribution in [0.2, 0.25) is 0 Å². The van der Waals surface area contributed by atoms with E-state index >= 15 is 0 Å². The number of amides is 1.